The van der Waals surface area contributed by atoms with Gasteiger partial charge in [-0.15, -0.1) is 0 Å². The zero-order chi connectivity index (χ0) is 18.7. The number of carbonyl (C=O) groups is 1. The topological polar surface area (TPSA) is 68.0 Å². The summed E-state index contributed by atoms with van der Waals surface area (Å²) in [6.07, 6.45) is 3.82. The maximum atomic E-state index is 12.3. The Morgan fingerprint density at radius 3 is 2.62 bits per heavy atom. The van der Waals surface area contributed by atoms with Crippen LogP contribution in [0.15, 0.2) is 42.7 Å². The number of aryl methyl sites for hydroxylation is 2. The number of aromatic nitrogens is 4. The Labute approximate surface area is 153 Å². The molecule has 1 N–H and O–H groups in total. The molecular weight excluding hydrogens is 328 g/mol. The Bertz CT molecular complexity index is 896. The lowest BCUT2D eigenvalue weighted by Crippen LogP contribution is -2.30. The summed E-state index contributed by atoms with van der Waals surface area (Å²) in [5.74, 6) is -0.0536. The smallest absolute Gasteiger partial charge is 0.238 e. The van der Waals surface area contributed by atoms with E-state index in [1.165, 1.54) is 0 Å². The van der Waals surface area contributed by atoms with Gasteiger partial charge in [0.15, 0.2) is 0 Å². The normalized spacial score (nSPS) is 11.1. The number of hydrogen-bond acceptors (Lipinski definition) is 4. The molecule has 0 atom stereocenters. The molecule has 0 aliphatic rings. The number of nitrogens with one attached hydrogen (secondary N) is 1. The predicted molar refractivity (Wildman–Crippen MR) is 101 cm³/mol. The van der Waals surface area contributed by atoms with Gasteiger partial charge in [-0.3, -0.25) is 14.4 Å². The lowest BCUT2D eigenvalue weighted by molar-refractivity contribution is -0.117. The van der Waals surface area contributed by atoms with Crippen molar-refractivity contribution in [3.8, 4) is 5.69 Å². The minimum atomic E-state index is -0.0536. The molecule has 0 aliphatic carbocycles. The molecule has 0 bridgehead atoms. The van der Waals surface area contributed by atoms with Gasteiger partial charge in [-0.1, -0.05) is 18.2 Å². The standard InChI is InChI=1S/C19H24N6O/c1-14-19(15(2)24(4)22-14)21-18(26)13-23(3)11-16-10-20-25(12-16)17-8-6-5-7-9-17/h5-10,12H,11,13H2,1-4H3,(H,21,26). The molecule has 136 valence electrons. The van der Waals surface area contributed by atoms with Crippen LogP contribution in [0.25, 0.3) is 5.69 Å². The van der Waals surface area contributed by atoms with E-state index >= 15 is 0 Å². The molecule has 26 heavy (non-hydrogen) atoms. The third-order valence-corrected chi connectivity index (χ3v) is 4.30. The third-order valence-electron chi connectivity index (χ3n) is 4.30. The maximum absolute atomic E-state index is 12.3. The summed E-state index contributed by atoms with van der Waals surface area (Å²) in [5.41, 5.74) is 4.63. The lowest BCUT2D eigenvalue weighted by atomic mass is 10.3. The van der Waals surface area contributed by atoms with Crippen molar-refractivity contribution < 1.29 is 4.79 Å². The molecule has 2 heterocycles. The van der Waals surface area contributed by atoms with Crippen LogP contribution in [0.4, 0.5) is 5.69 Å². The van der Waals surface area contributed by atoms with Crippen molar-refractivity contribution in [1.29, 1.82) is 0 Å². The summed E-state index contributed by atoms with van der Waals surface area (Å²) in [4.78, 5) is 14.3. The fraction of sp³-hybridized carbons (Fsp3) is 0.316. The molecule has 7 heteroatoms. The first-order chi connectivity index (χ1) is 12.4. The molecule has 0 saturated heterocycles. The molecule has 0 saturated carbocycles. The minimum Gasteiger partial charge on any atom is -0.322 e. The fourth-order valence-corrected chi connectivity index (χ4v) is 2.91. The number of nitrogens with zero attached hydrogens (tertiary/aromatic N) is 5. The summed E-state index contributed by atoms with van der Waals surface area (Å²) >= 11 is 0. The first-order valence-electron chi connectivity index (χ1n) is 8.51. The van der Waals surface area contributed by atoms with Crippen LogP contribution in [0.2, 0.25) is 0 Å². The van der Waals surface area contributed by atoms with Gasteiger partial charge in [-0.05, 0) is 33.0 Å². The van der Waals surface area contributed by atoms with E-state index in [0.29, 0.717) is 13.1 Å². The van der Waals surface area contributed by atoms with Crippen molar-refractivity contribution in [2.45, 2.75) is 20.4 Å². The van der Waals surface area contributed by atoms with Crippen LogP contribution in [0.5, 0.6) is 0 Å². The number of para-hydroxylation sites is 1. The van der Waals surface area contributed by atoms with Gasteiger partial charge >= 0.3 is 0 Å². The van der Waals surface area contributed by atoms with Crippen LogP contribution in [-0.2, 0) is 18.4 Å². The first-order valence-corrected chi connectivity index (χ1v) is 8.51. The van der Waals surface area contributed by atoms with E-state index in [0.717, 1.165) is 28.3 Å². The van der Waals surface area contributed by atoms with Crippen molar-refractivity contribution in [1.82, 2.24) is 24.5 Å². The zero-order valence-corrected chi connectivity index (χ0v) is 15.6. The Hall–Kier alpha value is -2.93. The molecule has 2 aromatic heterocycles. The van der Waals surface area contributed by atoms with Gasteiger partial charge < -0.3 is 5.32 Å². The molecule has 0 aliphatic heterocycles. The summed E-state index contributed by atoms with van der Waals surface area (Å²) in [6, 6.07) is 9.95. The van der Waals surface area contributed by atoms with Gasteiger partial charge in [0.25, 0.3) is 0 Å². The molecule has 1 aromatic carbocycles. The first kappa shape index (κ1) is 17.9. The molecule has 0 unspecified atom stereocenters. The Kier molecular flexibility index (Phi) is 5.18. The number of carbonyl (C=O) groups excluding carboxylic acids is 1. The number of anilines is 1. The van der Waals surface area contributed by atoms with Gasteiger partial charge in [0, 0.05) is 25.4 Å². The highest BCUT2D eigenvalue weighted by molar-refractivity contribution is 5.93. The van der Waals surface area contributed by atoms with Crippen molar-refractivity contribution in [3.05, 3.63) is 59.7 Å². The van der Waals surface area contributed by atoms with Gasteiger partial charge in [-0.25, -0.2) is 4.68 Å². The molecule has 0 fully saturated rings. The van der Waals surface area contributed by atoms with Crippen molar-refractivity contribution in [2.75, 3.05) is 18.9 Å². The average Bonchev–Trinajstić information content (AvgIpc) is 3.16. The molecule has 7 nitrogen and oxygen atoms in total. The number of benzene rings is 1. The van der Waals surface area contributed by atoms with Crippen LogP contribution in [0.1, 0.15) is 17.0 Å². The molecule has 0 spiro atoms. The number of hydrogen-bond donors (Lipinski definition) is 1. The summed E-state index contributed by atoms with van der Waals surface area (Å²) < 4.78 is 3.61. The van der Waals surface area contributed by atoms with Crippen molar-refractivity contribution >= 4 is 11.6 Å². The minimum absolute atomic E-state index is 0.0536. The van der Waals surface area contributed by atoms with E-state index in [1.807, 2.05) is 80.3 Å². The molecule has 3 rings (SSSR count). The zero-order valence-electron chi connectivity index (χ0n) is 15.6. The van der Waals surface area contributed by atoms with E-state index in [-0.39, 0.29) is 5.91 Å². The fourth-order valence-electron chi connectivity index (χ4n) is 2.91. The van der Waals surface area contributed by atoms with Crippen LogP contribution in [0.3, 0.4) is 0 Å². The van der Waals surface area contributed by atoms with E-state index in [4.69, 9.17) is 0 Å². The summed E-state index contributed by atoms with van der Waals surface area (Å²) in [6.45, 7) is 4.77. The lowest BCUT2D eigenvalue weighted by Gasteiger charge is -2.15. The van der Waals surface area contributed by atoms with Crippen molar-refractivity contribution in [2.24, 2.45) is 7.05 Å². The Balaban J connectivity index is 1.58. The quantitative estimate of drug-likeness (QED) is 0.739. The van der Waals surface area contributed by atoms with Crippen LogP contribution < -0.4 is 5.32 Å². The van der Waals surface area contributed by atoms with Gasteiger partial charge in [0.2, 0.25) is 5.91 Å². The number of rotatable bonds is 6. The van der Waals surface area contributed by atoms with Crippen molar-refractivity contribution in [3.63, 3.8) is 0 Å². The van der Waals surface area contributed by atoms with Crippen LogP contribution in [0, 0.1) is 13.8 Å². The van der Waals surface area contributed by atoms with Crippen LogP contribution in [-0.4, -0.2) is 44.0 Å². The highest BCUT2D eigenvalue weighted by Crippen LogP contribution is 2.18. The second-order valence-corrected chi connectivity index (χ2v) is 6.52. The number of amides is 1. The predicted octanol–water partition coefficient (Wildman–Crippen LogP) is 2.29. The highest BCUT2D eigenvalue weighted by atomic mass is 16.2. The Morgan fingerprint density at radius 2 is 1.96 bits per heavy atom. The SMILES string of the molecule is Cc1nn(C)c(C)c1NC(=O)CN(C)Cc1cnn(-c2ccccc2)c1. The van der Waals surface area contributed by atoms with Gasteiger partial charge in [0.1, 0.15) is 0 Å². The average molecular weight is 352 g/mol. The summed E-state index contributed by atoms with van der Waals surface area (Å²) in [5, 5.41) is 11.7. The molecule has 3 aromatic rings. The van der Waals surface area contributed by atoms with E-state index < -0.39 is 0 Å². The van der Waals surface area contributed by atoms with E-state index in [2.05, 4.69) is 15.5 Å². The van der Waals surface area contributed by atoms with E-state index in [9.17, 15) is 4.79 Å². The highest BCUT2D eigenvalue weighted by Gasteiger charge is 2.14. The molecular formula is C19H24N6O. The second kappa shape index (κ2) is 7.53. The largest absolute Gasteiger partial charge is 0.322 e. The monoisotopic (exact) mass is 352 g/mol. The Morgan fingerprint density at radius 1 is 1.23 bits per heavy atom. The molecule has 0 radical (unpaired) electrons. The van der Waals surface area contributed by atoms with Crippen LogP contribution >= 0.6 is 0 Å². The summed E-state index contributed by atoms with van der Waals surface area (Å²) in [7, 11) is 3.79. The second-order valence-electron chi connectivity index (χ2n) is 6.52. The number of likely N-dealkylation sites (N-methyl/N-ethyl adjacent to an activating group) is 1. The third kappa shape index (κ3) is 4.00. The van der Waals surface area contributed by atoms with Gasteiger partial charge in [0.05, 0.1) is 35.5 Å². The molecule has 1 amide bonds. The van der Waals surface area contributed by atoms with E-state index in [1.54, 1.807) is 4.68 Å². The van der Waals surface area contributed by atoms with Gasteiger partial charge in [-0.2, -0.15) is 10.2 Å². The maximum Gasteiger partial charge on any atom is 0.238 e.